The molecule has 1 aromatic carbocycles. The lowest BCUT2D eigenvalue weighted by Crippen LogP contribution is -2.40. The average Bonchev–Trinajstić information content (AvgIpc) is 3.29. The van der Waals surface area contributed by atoms with Gasteiger partial charge in [0.2, 0.25) is 10.0 Å². The first-order chi connectivity index (χ1) is 15.0. The number of amides is 1. The summed E-state index contributed by atoms with van der Waals surface area (Å²) in [5, 5.41) is 7.28. The van der Waals surface area contributed by atoms with Crippen LogP contribution in [0, 0.1) is 0 Å². The molecule has 1 amide bonds. The summed E-state index contributed by atoms with van der Waals surface area (Å²) in [6, 6.07) is 13.5. The van der Waals surface area contributed by atoms with Gasteiger partial charge >= 0.3 is 0 Å². The van der Waals surface area contributed by atoms with Crippen molar-refractivity contribution < 1.29 is 17.9 Å². The first kappa shape index (κ1) is 21.2. The number of nitrogens with zero attached hydrogens (tertiary/aromatic N) is 4. The van der Waals surface area contributed by atoms with E-state index in [1.807, 2.05) is 30.5 Å². The van der Waals surface area contributed by atoms with E-state index in [1.54, 1.807) is 10.9 Å². The van der Waals surface area contributed by atoms with Crippen LogP contribution in [0.15, 0.2) is 65.8 Å². The van der Waals surface area contributed by atoms with Crippen LogP contribution in [0.1, 0.15) is 10.4 Å². The summed E-state index contributed by atoms with van der Waals surface area (Å²) in [5.74, 6) is -0.271. The fourth-order valence-electron chi connectivity index (χ4n) is 3.24. The van der Waals surface area contributed by atoms with Gasteiger partial charge in [0, 0.05) is 37.6 Å². The number of pyridine rings is 1. The Labute approximate surface area is 180 Å². The van der Waals surface area contributed by atoms with Crippen LogP contribution in [0.2, 0.25) is 0 Å². The summed E-state index contributed by atoms with van der Waals surface area (Å²) >= 11 is 0. The largest absolute Gasteiger partial charge is 0.379 e. The van der Waals surface area contributed by atoms with Gasteiger partial charge in [0.05, 0.1) is 30.3 Å². The molecule has 1 aliphatic heterocycles. The zero-order valence-electron chi connectivity index (χ0n) is 16.8. The molecular weight excluding hydrogens is 418 g/mol. The molecule has 0 radical (unpaired) electrons. The maximum atomic E-state index is 12.7. The highest BCUT2D eigenvalue weighted by Gasteiger charge is 2.26. The fraction of sp³-hybridized carbons (Fsp3) is 0.286. The molecule has 1 fully saturated rings. The van der Waals surface area contributed by atoms with Gasteiger partial charge in [-0.1, -0.05) is 6.07 Å². The van der Waals surface area contributed by atoms with Gasteiger partial charge in [-0.15, -0.1) is 0 Å². The quantitative estimate of drug-likeness (QED) is 0.594. The molecule has 1 saturated heterocycles. The molecular formula is C21H23N5O4S. The van der Waals surface area contributed by atoms with E-state index < -0.39 is 10.0 Å². The molecule has 0 bridgehead atoms. The van der Waals surface area contributed by atoms with Gasteiger partial charge in [-0.2, -0.15) is 9.40 Å². The van der Waals surface area contributed by atoms with Gasteiger partial charge in [0.15, 0.2) is 0 Å². The standard InChI is InChI=1S/C21H23N5O4S/c27-21(23-10-12-25-11-8-20(24-25)19-3-1-2-9-22-19)17-4-6-18(7-5-17)31(28,29)26-13-15-30-16-14-26/h1-9,11H,10,12-16H2,(H,23,27). The molecule has 3 aromatic rings. The first-order valence-corrected chi connectivity index (χ1v) is 11.4. The van der Waals surface area contributed by atoms with Gasteiger partial charge in [-0.25, -0.2) is 8.42 Å². The average molecular weight is 442 g/mol. The van der Waals surface area contributed by atoms with E-state index in [4.69, 9.17) is 4.74 Å². The predicted molar refractivity (Wildman–Crippen MR) is 114 cm³/mol. The molecule has 3 heterocycles. The SMILES string of the molecule is O=C(NCCn1ccc(-c2ccccn2)n1)c1ccc(S(=O)(=O)N2CCOCC2)cc1. The number of hydrogen-bond acceptors (Lipinski definition) is 6. The van der Waals surface area contributed by atoms with Crippen LogP contribution < -0.4 is 5.32 Å². The summed E-state index contributed by atoms with van der Waals surface area (Å²) in [4.78, 5) is 16.8. The Morgan fingerprint density at radius 2 is 1.81 bits per heavy atom. The summed E-state index contributed by atoms with van der Waals surface area (Å²) in [6.45, 7) is 2.33. The fourth-order valence-corrected chi connectivity index (χ4v) is 4.65. The van der Waals surface area contributed by atoms with Gasteiger partial charge < -0.3 is 10.1 Å². The molecule has 0 spiro atoms. The van der Waals surface area contributed by atoms with Crippen LogP contribution in [0.3, 0.4) is 0 Å². The van der Waals surface area contributed by atoms with Crippen molar-refractivity contribution in [3.63, 3.8) is 0 Å². The number of nitrogens with one attached hydrogen (secondary N) is 1. The Bertz CT molecular complexity index is 1120. The smallest absolute Gasteiger partial charge is 0.251 e. The zero-order chi connectivity index (χ0) is 21.7. The van der Waals surface area contributed by atoms with Crippen LogP contribution in [0.25, 0.3) is 11.4 Å². The Kier molecular flexibility index (Phi) is 6.40. The minimum atomic E-state index is -3.57. The Morgan fingerprint density at radius 3 is 2.52 bits per heavy atom. The third-order valence-electron chi connectivity index (χ3n) is 4.92. The molecule has 2 aromatic heterocycles. The van der Waals surface area contributed by atoms with Gasteiger partial charge in [0.25, 0.3) is 5.91 Å². The third kappa shape index (κ3) is 4.98. The number of carbonyl (C=O) groups is 1. The van der Waals surface area contributed by atoms with E-state index in [2.05, 4.69) is 15.4 Å². The summed E-state index contributed by atoms with van der Waals surface area (Å²) in [6.07, 6.45) is 3.55. The molecule has 1 aliphatic rings. The maximum Gasteiger partial charge on any atom is 0.251 e. The molecule has 10 heteroatoms. The van der Waals surface area contributed by atoms with E-state index in [-0.39, 0.29) is 10.8 Å². The van der Waals surface area contributed by atoms with Gasteiger partial charge in [-0.3, -0.25) is 14.5 Å². The summed E-state index contributed by atoms with van der Waals surface area (Å²) < 4.78 is 33.7. The lowest BCUT2D eigenvalue weighted by Gasteiger charge is -2.26. The lowest BCUT2D eigenvalue weighted by atomic mass is 10.2. The second-order valence-electron chi connectivity index (χ2n) is 6.98. The van der Waals surface area contributed by atoms with Gasteiger partial charge in [0.1, 0.15) is 5.69 Å². The van der Waals surface area contributed by atoms with Crippen LogP contribution >= 0.6 is 0 Å². The normalized spacial score (nSPS) is 15.0. The number of benzene rings is 1. The number of rotatable bonds is 7. The van der Waals surface area contributed by atoms with Gasteiger partial charge in [-0.05, 0) is 42.5 Å². The molecule has 0 atom stereocenters. The first-order valence-electron chi connectivity index (χ1n) is 9.95. The lowest BCUT2D eigenvalue weighted by molar-refractivity contribution is 0.0730. The molecule has 0 aliphatic carbocycles. The highest BCUT2D eigenvalue weighted by Crippen LogP contribution is 2.18. The highest BCUT2D eigenvalue weighted by molar-refractivity contribution is 7.89. The van der Waals surface area contributed by atoms with Crippen molar-refractivity contribution in [3.05, 3.63) is 66.5 Å². The van der Waals surface area contributed by atoms with Crippen molar-refractivity contribution in [2.75, 3.05) is 32.8 Å². The van der Waals surface area contributed by atoms with E-state index >= 15 is 0 Å². The van der Waals surface area contributed by atoms with E-state index in [0.29, 0.717) is 45.0 Å². The number of hydrogen-bond donors (Lipinski definition) is 1. The predicted octanol–water partition coefficient (Wildman–Crippen LogP) is 1.40. The second kappa shape index (κ2) is 9.38. The third-order valence-corrected chi connectivity index (χ3v) is 6.83. The second-order valence-corrected chi connectivity index (χ2v) is 8.91. The maximum absolute atomic E-state index is 12.7. The van der Waals surface area contributed by atoms with Crippen molar-refractivity contribution in [1.29, 1.82) is 0 Å². The van der Waals surface area contributed by atoms with Crippen molar-refractivity contribution in [1.82, 2.24) is 24.4 Å². The molecule has 0 unspecified atom stereocenters. The van der Waals surface area contributed by atoms with Crippen LogP contribution in [-0.4, -0.2) is 66.2 Å². The Balaban J connectivity index is 1.31. The van der Waals surface area contributed by atoms with Crippen molar-refractivity contribution in [2.45, 2.75) is 11.4 Å². The Hall–Kier alpha value is -3.08. The molecule has 4 rings (SSSR count). The minimum absolute atomic E-state index is 0.171. The Morgan fingerprint density at radius 1 is 1.03 bits per heavy atom. The summed E-state index contributed by atoms with van der Waals surface area (Å²) in [7, 11) is -3.57. The molecule has 9 nitrogen and oxygen atoms in total. The molecule has 31 heavy (non-hydrogen) atoms. The van der Waals surface area contributed by atoms with Crippen LogP contribution in [0.5, 0.6) is 0 Å². The molecule has 0 saturated carbocycles. The number of ether oxygens (including phenoxy) is 1. The van der Waals surface area contributed by atoms with E-state index in [9.17, 15) is 13.2 Å². The van der Waals surface area contributed by atoms with Crippen molar-refractivity contribution >= 4 is 15.9 Å². The number of sulfonamides is 1. The highest BCUT2D eigenvalue weighted by atomic mass is 32.2. The number of aromatic nitrogens is 3. The van der Waals surface area contributed by atoms with Crippen LogP contribution in [0.4, 0.5) is 0 Å². The zero-order valence-corrected chi connectivity index (χ0v) is 17.7. The van der Waals surface area contributed by atoms with E-state index in [0.717, 1.165) is 11.4 Å². The van der Waals surface area contributed by atoms with E-state index in [1.165, 1.54) is 28.6 Å². The van der Waals surface area contributed by atoms with Crippen molar-refractivity contribution in [3.8, 4) is 11.4 Å². The minimum Gasteiger partial charge on any atom is -0.379 e. The van der Waals surface area contributed by atoms with Crippen molar-refractivity contribution in [2.24, 2.45) is 0 Å². The number of morpholine rings is 1. The van der Waals surface area contributed by atoms with Crippen LogP contribution in [-0.2, 0) is 21.3 Å². The number of carbonyl (C=O) groups excluding carboxylic acids is 1. The molecule has 1 N–H and O–H groups in total. The topological polar surface area (TPSA) is 106 Å². The summed E-state index contributed by atoms with van der Waals surface area (Å²) in [5.41, 5.74) is 1.96. The monoisotopic (exact) mass is 441 g/mol. The molecule has 162 valence electrons.